The average molecular weight is 377 g/mol. The van der Waals surface area contributed by atoms with Gasteiger partial charge in [-0.1, -0.05) is 42.5 Å². The van der Waals surface area contributed by atoms with Gasteiger partial charge in [-0.3, -0.25) is 4.79 Å². The van der Waals surface area contributed by atoms with E-state index in [2.05, 4.69) is 5.32 Å². The van der Waals surface area contributed by atoms with Crippen molar-refractivity contribution in [2.24, 2.45) is 0 Å². The number of aryl methyl sites for hydroxylation is 3. The Labute approximate surface area is 164 Å². The van der Waals surface area contributed by atoms with Gasteiger partial charge in [-0.05, 0) is 67.1 Å². The Kier molecular flexibility index (Phi) is 6.09. The third-order valence-electron chi connectivity index (χ3n) is 4.82. The average Bonchev–Trinajstić information content (AvgIpc) is 2.70. The minimum atomic E-state index is -0.224. The van der Waals surface area contributed by atoms with E-state index >= 15 is 0 Å². The third-order valence-corrected chi connectivity index (χ3v) is 4.82. The molecular weight excluding hydrogens is 353 g/mol. The Morgan fingerprint density at radius 1 is 1.00 bits per heavy atom. The van der Waals surface area contributed by atoms with E-state index in [1.54, 1.807) is 38.1 Å². The number of nitrogens with one attached hydrogen (secondary N) is 1. The molecule has 3 aromatic rings. The van der Waals surface area contributed by atoms with Crippen molar-refractivity contribution in [2.45, 2.75) is 26.7 Å². The van der Waals surface area contributed by atoms with E-state index < -0.39 is 0 Å². The molecule has 0 aliphatic heterocycles. The Balaban J connectivity index is 1.51. The minimum Gasteiger partial charge on any atom is -0.507 e. The van der Waals surface area contributed by atoms with Gasteiger partial charge in [0.25, 0.3) is 5.91 Å². The number of carbonyl (C=O) groups excluding carboxylic acids is 1. The SMILES string of the molecule is Cc1cc(C(=O)NCCCc2ccc(-c3ccccc3F)cc2)cc(C)c1O. The summed E-state index contributed by atoms with van der Waals surface area (Å²) in [5.74, 6) is -0.130. The highest BCUT2D eigenvalue weighted by Crippen LogP contribution is 2.24. The summed E-state index contributed by atoms with van der Waals surface area (Å²) in [4.78, 5) is 12.3. The number of rotatable bonds is 6. The molecular formula is C24H24FNO2. The zero-order valence-corrected chi connectivity index (χ0v) is 16.1. The van der Waals surface area contributed by atoms with Crippen LogP contribution in [0, 0.1) is 19.7 Å². The number of hydrogen-bond acceptors (Lipinski definition) is 2. The summed E-state index contributed by atoms with van der Waals surface area (Å²) in [5, 5.41) is 12.7. The molecule has 3 rings (SSSR count). The second-order valence-corrected chi connectivity index (χ2v) is 6.99. The zero-order chi connectivity index (χ0) is 20.1. The van der Waals surface area contributed by atoms with E-state index in [-0.39, 0.29) is 17.5 Å². The molecule has 0 saturated carbocycles. The molecule has 0 unspecified atom stereocenters. The van der Waals surface area contributed by atoms with E-state index in [1.807, 2.05) is 30.3 Å². The van der Waals surface area contributed by atoms with Crippen LogP contribution >= 0.6 is 0 Å². The first kappa shape index (κ1) is 19.6. The smallest absolute Gasteiger partial charge is 0.251 e. The van der Waals surface area contributed by atoms with Gasteiger partial charge in [0.1, 0.15) is 11.6 Å². The fraction of sp³-hybridized carbons (Fsp3) is 0.208. The molecule has 0 spiro atoms. The Morgan fingerprint density at radius 2 is 1.64 bits per heavy atom. The molecule has 4 heteroatoms. The molecule has 0 saturated heterocycles. The maximum absolute atomic E-state index is 13.9. The van der Waals surface area contributed by atoms with Crippen LogP contribution in [0.4, 0.5) is 4.39 Å². The number of hydrogen-bond donors (Lipinski definition) is 2. The summed E-state index contributed by atoms with van der Waals surface area (Å²) in [5.41, 5.74) is 4.54. The van der Waals surface area contributed by atoms with E-state index in [0.29, 0.717) is 28.8 Å². The molecule has 0 aliphatic carbocycles. The van der Waals surface area contributed by atoms with Crippen molar-refractivity contribution < 1.29 is 14.3 Å². The van der Waals surface area contributed by atoms with Crippen LogP contribution in [0.15, 0.2) is 60.7 Å². The highest BCUT2D eigenvalue weighted by molar-refractivity contribution is 5.94. The molecule has 0 aromatic heterocycles. The predicted molar refractivity (Wildman–Crippen MR) is 110 cm³/mol. The van der Waals surface area contributed by atoms with Crippen molar-refractivity contribution in [2.75, 3.05) is 6.54 Å². The summed E-state index contributed by atoms with van der Waals surface area (Å²) < 4.78 is 13.9. The topological polar surface area (TPSA) is 49.3 Å². The number of halogens is 1. The predicted octanol–water partition coefficient (Wildman–Crippen LogP) is 5.18. The van der Waals surface area contributed by atoms with Gasteiger partial charge >= 0.3 is 0 Å². The van der Waals surface area contributed by atoms with Gasteiger partial charge in [-0.2, -0.15) is 0 Å². The maximum atomic E-state index is 13.9. The summed E-state index contributed by atoms with van der Waals surface area (Å²) in [6.45, 7) is 4.13. The fourth-order valence-corrected chi connectivity index (χ4v) is 3.23. The normalized spacial score (nSPS) is 10.7. The summed E-state index contributed by atoms with van der Waals surface area (Å²) in [6, 6.07) is 18.0. The Morgan fingerprint density at radius 3 is 2.29 bits per heavy atom. The van der Waals surface area contributed by atoms with Crippen molar-refractivity contribution >= 4 is 5.91 Å². The number of phenols is 1. The molecule has 0 fully saturated rings. The van der Waals surface area contributed by atoms with Crippen molar-refractivity contribution in [3.8, 4) is 16.9 Å². The van der Waals surface area contributed by atoms with Crippen molar-refractivity contribution in [1.82, 2.24) is 5.32 Å². The van der Waals surface area contributed by atoms with Crippen molar-refractivity contribution in [1.29, 1.82) is 0 Å². The van der Waals surface area contributed by atoms with E-state index in [9.17, 15) is 14.3 Å². The first-order valence-electron chi connectivity index (χ1n) is 9.38. The van der Waals surface area contributed by atoms with Gasteiger partial charge < -0.3 is 10.4 Å². The summed E-state index contributed by atoms with van der Waals surface area (Å²) in [6.07, 6.45) is 1.63. The van der Waals surface area contributed by atoms with Gasteiger partial charge in [0.05, 0.1) is 0 Å². The van der Waals surface area contributed by atoms with Crippen LogP contribution in [0.3, 0.4) is 0 Å². The van der Waals surface area contributed by atoms with Gasteiger partial charge in [-0.25, -0.2) is 4.39 Å². The highest BCUT2D eigenvalue weighted by Gasteiger charge is 2.10. The molecule has 0 heterocycles. The number of aromatic hydroxyl groups is 1. The molecule has 2 N–H and O–H groups in total. The molecule has 0 atom stereocenters. The van der Waals surface area contributed by atoms with Crippen LogP contribution in [0.25, 0.3) is 11.1 Å². The second kappa shape index (κ2) is 8.70. The molecule has 3 aromatic carbocycles. The summed E-state index contributed by atoms with van der Waals surface area (Å²) in [7, 11) is 0. The molecule has 144 valence electrons. The van der Waals surface area contributed by atoms with Crippen LogP contribution in [-0.2, 0) is 6.42 Å². The lowest BCUT2D eigenvalue weighted by molar-refractivity contribution is 0.0953. The van der Waals surface area contributed by atoms with Gasteiger partial charge in [0.15, 0.2) is 0 Å². The van der Waals surface area contributed by atoms with Gasteiger partial charge in [-0.15, -0.1) is 0 Å². The number of amides is 1. The Bertz CT molecular complexity index is 957. The highest BCUT2D eigenvalue weighted by atomic mass is 19.1. The van der Waals surface area contributed by atoms with Crippen LogP contribution in [0.1, 0.15) is 33.5 Å². The van der Waals surface area contributed by atoms with E-state index in [0.717, 1.165) is 24.0 Å². The lowest BCUT2D eigenvalue weighted by Gasteiger charge is -2.09. The monoisotopic (exact) mass is 377 g/mol. The van der Waals surface area contributed by atoms with Crippen LogP contribution in [0.5, 0.6) is 5.75 Å². The molecule has 0 radical (unpaired) electrons. The number of carbonyl (C=O) groups is 1. The first-order chi connectivity index (χ1) is 13.5. The quantitative estimate of drug-likeness (QED) is 0.582. The molecule has 3 nitrogen and oxygen atoms in total. The maximum Gasteiger partial charge on any atom is 0.251 e. The van der Waals surface area contributed by atoms with Gasteiger partial charge in [0, 0.05) is 17.7 Å². The standard InChI is InChI=1S/C24H24FNO2/c1-16-14-20(15-17(2)23(16)27)24(28)26-13-5-6-18-9-11-19(12-10-18)21-7-3-4-8-22(21)25/h3-4,7-12,14-15,27H,5-6,13H2,1-2H3,(H,26,28). The largest absolute Gasteiger partial charge is 0.507 e. The molecule has 28 heavy (non-hydrogen) atoms. The lowest BCUT2D eigenvalue weighted by Crippen LogP contribution is -2.25. The Hall–Kier alpha value is -3.14. The number of phenolic OH excluding ortho intramolecular Hbond substituents is 1. The minimum absolute atomic E-state index is 0.138. The van der Waals surface area contributed by atoms with Crippen LogP contribution in [0.2, 0.25) is 0 Å². The van der Waals surface area contributed by atoms with Crippen LogP contribution in [-0.4, -0.2) is 17.6 Å². The van der Waals surface area contributed by atoms with Crippen LogP contribution < -0.4 is 5.32 Å². The third kappa shape index (κ3) is 4.58. The zero-order valence-electron chi connectivity index (χ0n) is 16.1. The lowest BCUT2D eigenvalue weighted by atomic mass is 10.0. The number of benzene rings is 3. The van der Waals surface area contributed by atoms with Gasteiger partial charge in [0.2, 0.25) is 0 Å². The molecule has 1 amide bonds. The molecule has 0 bridgehead atoms. The van der Waals surface area contributed by atoms with Crippen molar-refractivity contribution in [3.05, 3.63) is 88.7 Å². The molecule has 0 aliphatic rings. The fourth-order valence-electron chi connectivity index (χ4n) is 3.23. The summed E-state index contributed by atoms with van der Waals surface area (Å²) >= 11 is 0. The van der Waals surface area contributed by atoms with E-state index in [4.69, 9.17) is 0 Å². The first-order valence-corrected chi connectivity index (χ1v) is 9.38. The van der Waals surface area contributed by atoms with Crippen molar-refractivity contribution in [3.63, 3.8) is 0 Å². The van der Waals surface area contributed by atoms with E-state index in [1.165, 1.54) is 6.07 Å². The second-order valence-electron chi connectivity index (χ2n) is 6.99.